The third-order valence-corrected chi connectivity index (χ3v) is 7.97. The number of rotatable bonds is 4. The van der Waals surface area contributed by atoms with Crippen LogP contribution in [0.25, 0.3) is 21.9 Å². The second-order valence-electron chi connectivity index (χ2n) is 8.32. The van der Waals surface area contributed by atoms with Crippen LogP contribution in [0.5, 0.6) is 5.75 Å². The van der Waals surface area contributed by atoms with Gasteiger partial charge in [0.25, 0.3) is 0 Å². The largest absolute Gasteiger partial charge is 0.507 e. The van der Waals surface area contributed by atoms with Crippen molar-refractivity contribution < 1.29 is 9.84 Å². The van der Waals surface area contributed by atoms with Crippen LogP contribution in [0.4, 0.5) is 5.69 Å². The molecule has 0 atom stereocenters. The van der Waals surface area contributed by atoms with Crippen molar-refractivity contribution in [2.75, 3.05) is 37.5 Å². The molecule has 3 aromatic rings. The van der Waals surface area contributed by atoms with Crippen LogP contribution in [0.1, 0.15) is 37.8 Å². The molecule has 0 aromatic heterocycles. The summed E-state index contributed by atoms with van der Waals surface area (Å²) in [4.78, 5) is 3.64. The van der Waals surface area contributed by atoms with Crippen LogP contribution in [0.2, 0.25) is 0 Å². The predicted octanol–water partition coefficient (Wildman–Crippen LogP) is 6.19. The van der Waals surface area contributed by atoms with E-state index < -0.39 is 0 Å². The highest BCUT2D eigenvalue weighted by atomic mass is 32.2. The van der Waals surface area contributed by atoms with Gasteiger partial charge in [-0.3, -0.25) is 0 Å². The molecule has 0 amide bonds. The van der Waals surface area contributed by atoms with E-state index in [0.29, 0.717) is 5.75 Å². The summed E-state index contributed by atoms with van der Waals surface area (Å²) in [6.45, 7) is 7.89. The average Bonchev–Trinajstić information content (AvgIpc) is 3.08. The first-order valence-electron chi connectivity index (χ1n) is 11.0. The summed E-state index contributed by atoms with van der Waals surface area (Å²) in [5.74, 6) is 0.395. The average molecular weight is 420 g/mol. The van der Waals surface area contributed by atoms with E-state index in [0.717, 1.165) is 44.5 Å². The molecule has 0 bridgehead atoms. The van der Waals surface area contributed by atoms with E-state index in [1.807, 2.05) is 6.07 Å². The van der Waals surface area contributed by atoms with Crippen LogP contribution in [0.3, 0.4) is 0 Å². The van der Waals surface area contributed by atoms with Gasteiger partial charge in [-0.05, 0) is 64.9 Å². The van der Waals surface area contributed by atoms with Crippen molar-refractivity contribution in [3.05, 3.63) is 53.6 Å². The maximum atomic E-state index is 11.1. The van der Waals surface area contributed by atoms with Crippen LogP contribution >= 0.6 is 11.8 Å². The normalized spacial score (nSPS) is 17.2. The van der Waals surface area contributed by atoms with Crippen molar-refractivity contribution in [3.63, 3.8) is 0 Å². The van der Waals surface area contributed by atoms with Gasteiger partial charge in [0.05, 0.1) is 18.9 Å². The Balaban J connectivity index is 1.85. The Morgan fingerprint density at radius 3 is 2.43 bits per heavy atom. The number of thioether (sulfide) groups is 1. The zero-order valence-electron chi connectivity index (χ0n) is 18.0. The molecule has 3 aromatic carbocycles. The van der Waals surface area contributed by atoms with Crippen molar-refractivity contribution in [1.29, 1.82) is 0 Å². The van der Waals surface area contributed by atoms with Gasteiger partial charge in [0.15, 0.2) is 0 Å². The third-order valence-electron chi connectivity index (χ3n) is 7.20. The highest BCUT2D eigenvalue weighted by molar-refractivity contribution is 7.98. The fraction of sp³-hybridized carbons (Fsp3) is 0.385. The highest BCUT2D eigenvalue weighted by Gasteiger charge is 2.41. The topological polar surface area (TPSA) is 32.7 Å². The SMILES string of the molecule is CCC1(CC)c2ccccc2-c2c1cc(O)c1cc(SC)c(N3CCOCC3)cc21. The van der Waals surface area contributed by atoms with Gasteiger partial charge in [0.2, 0.25) is 0 Å². The number of phenols is 1. The van der Waals surface area contributed by atoms with Gasteiger partial charge in [-0.1, -0.05) is 38.1 Å². The van der Waals surface area contributed by atoms with Crippen molar-refractivity contribution in [2.24, 2.45) is 0 Å². The minimum absolute atomic E-state index is 0.0328. The lowest BCUT2D eigenvalue weighted by Crippen LogP contribution is -2.36. The lowest BCUT2D eigenvalue weighted by Gasteiger charge is -2.31. The number of morpholine rings is 1. The predicted molar refractivity (Wildman–Crippen MR) is 127 cm³/mol. The number of nitrogens with zero attached hydrogens (tertiary/aromatic N) is 1. The van der Waals surface area contributed by atoms with E-state index in [2.05, 4.69) is 61.4 Å². The molecule has 1 heterocycles. The van der Waals surface area contributed by atoms with E-state index in [-0.39, 0.29) is 5.41 Å². The monoisotopic (exact) mass is 419 g/mol. The van der Waals surface area contributed by atoms with Gasteiger partial charge >= 0.3 is 0 Å². The number of anilines is 1. The lowest BCUT2D eigenvalue weighted by molar-refractivity contribution is 0.122. The summed E-state index contributed by atoms with van der Waals surface area (Å²) < 4.78 is 5.59. The molecule has 0 spiro atoms. The smallest absolute Gasteiger partial charge is 0.123 e. The number of phenolic OH excluding ortho intramolecular Hbond substituents is 1. The Morgan fingerprint density at radius 2 is 1.73 bits per heavy atom. The molecule has 1 fully saturated rings. The molecule has 1 aliphatic carbocycles. The maximum absolute atomic E-state index is 11.1. The molecule has 0 radical (unpaired) electrons. The number of ether oxygens (including phenoxy) is 1. The fourth-order valence-electron chi connectivity index (χ4n) is 5.58. The summed E-state index contributed by atoms with van der Waals surface area (Å²) in [7, 11) is 0. The molecular formula is C26H29NO2S. The molecule has 156 valence electrons. The number of fused-ring (bicyclic) bond motifs is 5. The first-order valence-corrected chi connectivity index (χ1v) is 12.2. The summed E-state index contributed by atoms with van der Waals surface area (Å²) in [5.41, 5.74) is 6.54. The molecule has 0 saturated carbocycles. The molecule has 1 N–H and O–H groups in total. The molecule has 3 nitrogen and oxygen atoms in total. The number of benzene rings is 3. The minimum Gasteiger partial charge on any atom is -0.507 e. The first kappa shape index (κ1) is 19.8. The molecule has 0 unspecified atom stereocenters. The van der Waals surface area contributed by atoms with E-state index in [1.54, 1.807) is 11.8 Å². The van der Waals surface area contributed by atoms with Crippen molar-refractivity contribution in [2.45, 2.75) is 37.0 Å². The van der Waals surface area contributed by atoms with Gasteiger partial charge in [-0.15, -0.1) is 11.8 Å². The zero-order valence-corrected chi connectivity index (χ0v) is 18.8. The van der Waals surface area contributed by atoms with Crippen LogP contribution in [0, 0.1) is 0 Å². The molecule has 2 aliphatic rings. The molecule has 1 saturated heterocycles. The Kier molecular flexibility index (Phi) is 4.95. The summed E-state index contributed by atoms with van der Waals surface area (Å²) in [6.07, 6.45) is 4.17. The summed E-state index contributed by atoms with van der Waals surface area (Å²) >= 11 is 1.75. The van der Waals surface area contributed by atoms with Gasteiger partial charge in [0, 0.05) is 28.8 Å². The van der Waals surface area contributed by atoms with Crippen molar-refractivity contribution in [1.82, 2.24) is 0 Å². The van der Waals surface area contributed by atoms with Gasteiger partial charge in [-0.2, -0.15) is 0 Å². The van der Waals surface area contributed by atoms with E-state index in [9.17, 15) is 5.11 Å². The summed E-state index contributed by atoms with van der Waals surface area (Å²) in [5, 5.41) is 13.2. The Labute approximate surface area is 183 Å². The first-order chi connectivity index (χ1) is 14.6. The van der Waals surface area contributed by atoms with Gasteiger partial charge < -0.3 is 14.7 Å². The van der Waals surface area contributed by atoms with Crippen molar-refractivity contribution in [3.8, 4) is 16.9 Å². The number of hydrogen-bond donors (Lipinski definition) is 1. The zero-order chi connectivity index (χ0) is 20.9. The van der Waals surface area contributed by atoms with Gasteiger partial charge in [-0.25, -0.2) is 0 Å². The standard InChI is InChI=1S/C26H29NO2S/c1-4-26(5-2)20-9-7-6-8-17(20)25-19-14-22(27-10-12-29-13-11-27)24(30-3)15-18(19)23(28)16-21(25)26/h6-9,14-16,28H,4-5,10-13H2,1-3H3. The maximum Gasteiger partial charge on any atom is 0.123 e. The van der Waals surface area contributed by atoms with Crippen LogP contribution < -0.4 is 4.90 Å². The summed E-state index contributed by atoms with van der Waals surface area (Å²) in [6, 6.07) is 15.4. The van der Waals surface area contributed by atoms with E-state index >= 15 is 0 Å². The Morgan fingerprint density at radius 1 is 1.00 bits per heavy atom. The molecule has 30 heavy (non-hydrogen) atoms. The van der Waals surface area contributed by atoms with E-state index in [4.69, 9.17) is 4.74 Å². The number of aromatic hydroxyl groups is 1. The molecule has 1 aliphatic heterocycles. The molecule has 4 heteroatoms. The second kappa shape index (κ2) is 7.51. The third kappa shape index (κ3) is 2.70. The molecular weight excluding hydrogens is 390 g/mol. The number of hydrogen-bond acceptors (Lipinski definition) is 4. The quantitative estimate of drug-likeness (QED) is 0.511. The van der Waals surface area contributed by atoms with Crippen LogP contribution in [0.15, 0.2) is 47.4 Å². The van der Waals surface area contributed by atoms with Crippen LogP contribution in [-0.4, -0.2) is 37.7 Å². The van der Waals surface area contributed by atoms with Crippen LogP contribution in [-0.2, 0) is 10.2 Å². The lowest BCUT2D eigenvalue weighted by atomic mass is 9.73. The Bertz CT molecular complexity index is 1110. The second-order valence-corrected chi connectivity index (χ2v) is 9.17. The Hall–Kier alpha value is -2.17. The molecule has 5 rings (SSSR count). The van der Waals surface area contributed by atoms with Crippen molar-refractivity contribution >= 4 is 28.2 Å². The minimum atomic E-state index is -0.0328. The van der Waals surface area contributed by atoms with E-state index in [1.165, 1.54) is 38.2 Å². The highest BCUT2D eigenvalue weighted by Crippen LogP contribution is 2.56. The van der Waals surface area contributed by atoms with Gasteiger partial charge in [0.1, 0.15) is 5.75 Å². The fourth-order valence-corrected chi connectivity index (χ4v) is 6.21.